The molecule has 0 fully saturated rings. The maximum absolute atomic E-state index is 12.5. The van der Waals surface area contributed by atoms with Crippen LogP contribution in [0.25, 0.3) is 10.9 Å². The number of hydrogen-bond acceptors (Lipinski definition) is 4. The smallest absolute Gasteiger partial charge is 0.264 e. The molecule has 2 aromatic heterocycles. The Kier molecular flexibility index (Phi) is 3.06. The zero-order valence-electron chi connectivity index (χ0n) is 11.3. The molecule has 0 saturated heterocycles. The lowest BCUT2D eigenvalue weighted by Crippen LogP contribution is -2.12. The fourth-order valence-corrected chi connectivity index (χ4v) is 3.29. The summed E-state index contributed by atoms with van der Waals surface area (Å²) in [6.45, 7) is 1.83. The van der Waals surface area contributed by atoms with Gasteiger partial charge < -0.3 is 10.7 Å². The number of nitrogen functional groups attached to an aromatic ring is 1. The summed E-state index contributed by atoms with van der Waals surface area (Å²) in [6, 6.07) is 8.51. The van der Waals surface area contributed by atoms with Crippen LogP contribution in [-0.4, -0.2) is 18.4 Å². The van der Waals surface area contributed by atoms with Gasteiger partial charge in [0.1, 0.15) is 4.90 Å². The molecule has 3 rings (SSSR count). The molecule has 0 aliphatic rings. The lowest BCUT2D eigenvalue weighted by molar-refractivity contribution is 0.602. The van der Waals surface area contributed by atoms with Crippen LogP contribution in [0.3, 0.4) is 0 Å². The van der Waals surface area contributed by atoms with Gasteiger partial charge in [0.2, 0.25) is 0 Å². The number of anilines is 2. The molecule has 0 bridgehead atoms. The Morgan fingerprint density at radius 1 is 1.24 bits per heavy atom. The summed E-state index contributed by atoms with van der Waals surface area (Å²) in [6.07, 6.45) is 2.93. The lowest BCUT2D eigenvalue weighted by Gasteiger charge is -2.07. The highest BCUT2D eigenvalue weighted by Gasteiger charge is 2.19. The summed E-state index contributed by atoms with van der Waals surface area (Å²) in [5, 5.41) is 0.558. The number of aromatic amines is 1. The zero-order valence-corrected chi connectivity index (χ0v) is 12.1. The van der Waals surface area contributed by atoms with Gasteiger partial charge in [0.25, 0.3) is 10.0 Å². The van der Waals surface area contributed by atoms with Crippen molar-refractivity contribution in [3.63, 3.8) is 0 Å². The Labute approximate surface area is 122 Å². The van der Waals surface area contributed by atoms with Crippen LogP contribution in [0.1, 0.15) is 5.69 Å². The molecule has 0 aliphatic heterocycles. The van der Waals surface area contributed by atoms with Gasteiger partial charge in [0.05, 0.1) is 11.9 Å². The third kappa shape index (κ3) is 2.55. The molecule has 7 heteroatoms. The van der Waals surface area contributed by atoms with E-state index in [-0.39, 0.29) is 4.90 Å². The number of nitrogens with two attached hydrogens (primary N) is 1. The second-order valence-electron chi connectivity index (χ2n) is 4.75. The number of aryl methyl sites for hydroxylation is 1. The second-order valence-corrected chi connectivity index (χ2v) is 6.40. The topological polar surface area (TPSA) is 101 Å². The largest absolute Gasteiger partial charge is 0.399 e. The van der Waals surface area contributed by atoms with Gasteiger partial charge >= 0.3 is 0 Å². The van der Waals surface area contributed by atoms with E-state index in [0.29, 0.717) is 22.3 Å². The highest BCUT2D eigenvalue weighted by Crippen LogP contribution is 2.26. The van der Waals surface area contributed by atoms with Gasteiger partial charge in [-0.05, 0) is 37.3 Å². The zero-order chi connectivity index (χ0) is 15.0. The van der Waals surface area contributed by atoms with E-state index in [1.807, 2.05) is 6.92 Å². The minimum Gasteiger partial charge on any atom is -0.399 e. The molecule has 3 aromatic rings. The van der Waals surface area contributed by atoms with Crippen LogP contribution in [-0.2, 0) is 10.0 Å². The van der Waals surface area contributed by atoms with E-state index in [9.17, 15) is 8.42 Å². The average Bonchev–Trinajstić information content (AvgIpc) is 2.85. The number of benzene rings is 1. The van der Waals surface area contributed by atoms with Crippen molar-refractivity contribution in [1.82, 2.24) is 9.97 Å². The monoisotopic (exact) mass is 302 g/mol. The first kappa shape index (κ1) is 13.4. The van der Waals surface area contributed by atoms with Crippen LogP contribution in [0.4, 0.5) is 11.4 Å². The predicted molar refractivity (Wildman–Crippen MR) is 82.5 cm³/mol. The van der Waals surface area contributed by atoms with Crippen molar-refractivity contribution in [3.8, 4) is 0 Å². The van der Waals surface area contributed by atoms with E-state index in [2.05, 4.69) is 14.7 Å². The molecule has 108 valence electrons. The van der Waals surface area contributed by atoms with Gasteiger partial charge in [-0.25, -0.2) is 8.42 Å². The number of H-pyrrole nitrogens is 1. The van der Waals surface area contributed by atoms with Crippen LogP contribution in [0.5, 0.6) is 0 Å². The molecule has 0 amide bonds. The van der Waals surface area contributed by atoms with Crippen molar-refractivity contribution in [2.45, 2.75) is 11.8 Å². The molecule has 0 saturated carbocycles. The molecule has 0 atom stereocenters. The van der Waals surface area contributed by atoms with Crippen molar-refractivity contribution in [2.75, 3.05) is 10.5 Å². The second kappa shape index (κ2) is 4.78. The Morgan fingerprint density at radius 2 is 2.05 bits per heavy atom. The summed E-state index contributed by atoms with van der Waals surface area (Å²) < 4.78 is 27.5. The third-order valence-electron chi connectivity index (χ3n) is 3.12. The molecule has 0 unspecified atom stereocenters. The minimum absolute atomic E-state index is 0.158. The number of aromatic nitrogens is 2. The molecule has 21 heavy (non-hydrogen) atoms. The van der Waals surface area contributed by atoms with Gasteiger partial charge in [-0.3, -0.25) is 9.71 Å². The van der Waals surface area contributed by atoms with E-state index in [4.69, 9.17) is 5.73 Å². The number of rotatable bonds is 3. The first-order valence-corrected chi connectivity index (χ1v) is 7.76. The molecule has 2 heterocycles. The van der Waals surface area contributed by atoms with E-state index in [0.717, 1.165) is 5.69 Å². The first-order valence-electron chi connectivity index (χ1n) is 6.28. The number of pyridine rings is 1. The molecule has 0 radical (unpaired) electrons. The van der Waals surface area contributed by atoms with Gasteiger partial charge in [-0.1, -0.05) is 0 Å². The maximum Gasteiger partial charge on any atom is 0.264 e. The van der Waals surface area contributed by atoms with Crippen LogP contribution in [0.2, 0.25) is 0 Å². The van der Waals surface area contributed by atoms with Crippen LogP contribution in [0.15, 0.2) is 47.6 Å². The molecular weight excluding hydrogens is 288 g/mol. The Hall–Kier alpha value is -2.54. The van der Waals surface area contributed by atoms with Gasteiger partial charge in [0, 0.05) is 28.5 Å². The maximum atomic E-state index is 12.5. The number of sulfonamides is 1. The Morgan fingerprint density at radius 3 is 2.76 bits per heavy atom. The quantitative estimate of drug-likeness (QED) is 0.646. The van der Waals surface area contributed by atoms with Gasteiger partial charge in [-0.15, -0.1) is 0 Å². The van der Waals surface area contributed by atoms with Crippen molar-refractivity contribution in [2.24, 2.45) is 0 Å². The fourth-order valence-electron chi connectivity index (χ4n) is 2.07. The molecule has 0 aliphatic carbocycles. The highest BCUT2D eigenvalue weighted by atomic mass is 32.2. The number of hydrogen-bond donors (Lipinski definition) is 3. The summed E-state index contributed by atoms with van der Waals surface area (Å²) >= 11 is 0. The number of fused-ring (bicyclic) bond motifs is 1. The summed E-state index contributed by atoms with van der Waals surface area (Å²) in [7, 11) is -3.70. The van der Waals surface area contributed by atoms with Crippen molar-refractivity contribution in [3.05, 3.63) is 48.4 Å². The van der Waals surface area contributed by atoms with Gasteiger partial charge in [-0.2, -0.15) is 0 Å². The molecular formula is C14H14N4O2S. The normalized spacial score (nSPS) is 11.7. The number of nitrogens with one attached hydrogen (secondary N) is 2. The van der Waals surface area contributed by atoms with Gasteiger partial charge in [0.15, 0.2) is 0 Å². The van der Waals surface area contributed by atoms with Crippen LogP contribution >= 0.6 is 0 Å². The standard InChI is InChI=1S/C14H14N4O2S/c1-9-2-4-11(7-16-9)18-21(19,20)14-8-17-13-5-3-10(15)6-12(13)14/h2-8,17-18H,15H2,1H3. The third-order valence-corrected chi connectivity index (χ3v) is 4.54. The highest BCUT2D eigenvalue weighted by molar-refractivity contribution is 7.93. The summed E-state index contributed by atoms with van der Waals surface area (Å²) in [4.78, 5) is 7.15. The van der Waals surface area contributed by atoms with E-state index in [1.54, 1.807) is 30.3 Å². The SMILES string of the molecule is Cc1ccc(NS(=O)(=O)c2c[nH]c3ccc(N)cc23)cn1. The summed E-state index contributed by atoms with van der Waals surface area (Å²) in [5.41, 5.74) is 8.18. The molecule has 0 spiro atoms. The van der Waals surface area contributed by atoms with Crippen LogP contribution in [0, 0.1) is 6.92 Å². The summed E-state index contributed by atoms with van der Waals surface area (Å²) in [5.74, 6) is 0. The van der Waals surface area contributed by atoms with E-state index < -0.39 is 10.0 Å². The van der Waals surface area contributed by atoms with Crippen molar-refractivity contribution < 1.29 is 8.42 Å². The lowest BCUT2D eigenvalue weighted by atomic mass is 10.2. The predicted octanol–water partition coefficient (Wildman–Crippen LogP) is 2.25. The molecule has 6 nitrogen and oxygen atoms in total. The Bertz CT molecular complexity index is 898. The number of nitrogens with zero attached hydrogens (tertiary/aromatic N) is 1. The van der Waals surface area contributed by atoms with Crippen molar-refractivity contribution >= 4 is 32.3 Å². The minimum atomic E-state index is -3.70. The first-order chi connectivity index (χ1) is 9.95. The average molecular weight is 302 g/mol. The Balaban J connectivity index is 2.04. The molecule has 4 N–H and O–H groups in total. The fraction of sp³-hybridized carbons (Fsp3) is 0.0714. The van der Waals surface area contributed by atoms with E-state index >= 15 is 0 Å². The molecule has 1 aromatic carbocycles. The van der Waals surface area contributed by atoms with Crippen LogP contribution < -0.4 is 10.5 Å². The van der Waals surface area contributed by atoms with Crippen molar-refractivity contribution in [1.29, 1.82) is 0 Å². The van der Waals surface area contributed by atoms with E-state index in [1.165, 1.54) is 12.4 Å².